The molecular formula is C30H50O7Si. The van der Waals surface area contributed by atoms with Crippen LogP contribution in [0.4, 0.5) is 0 Å². The molecule has 1 saturated heterocycles. The highest BCUT2D eigenvalue weighted by Gasteiger charge is 2.81. The molecule has 0 aromatic rings. The first-order valence-corrected chi connectivity index (χ1v) is 16.8. The first kappa shape index (κ1) is 31.2. The molecule has 0 aromatic heterocycles. The van der Waals surface area contributed by atoms with Crippen LogP contribution in [0.5, 0.6) is 0 Å². The lowest BCUT2D eigenvalue weighted by molar-refractivity contribution is -0.369. The van der Waals surface area contributed by atoms with Gasteiger partial charge in [-0.25, -0.2) is 4.79 Å². The molecule has 3 aliphatic rings. The molecule has 0 spiro atoms. The number of hydrogen-bond acceptors (Lipinski definition) is 7. The quantitative estimate of drug-likeness (QED) is 0.212. The molecule has 216 valence electrons. The summed E-state index contributed by atoms with van der Waals surface area (Å²) in [5.41, 5.74) is -6.75. The van der Waals surface area contributed by atoms with Gasteiger partial charge >= 0.3 is 5.97 Å². The SMILES string of the molecule is C=C[C@@]1(C)CC(=O)[C@]2(O)[C@@]3(C)C(O[Si](C)(C)C(C)(C)C)CCC(C)(C)[C@@H]3[C@H](OC(=O)C=CC)[C@H](O)[C@@]2(C)O1. The number of carbonyl (C=O) groups excluding carboxylic acids is 2. The van der Waals surface area contributed by atoms with E-state index < -0.39 is 71.9 Å². The minimum atomic E-state index is -2.38. The van der Waals surface area contributed by atoms with Crippen LogP contribution in [0.25, 0.3) is 0 Å². The largest absolute Gasteiger partial charge is 0.456 e. The number of allylic oxidation sites excluding steroid dienone is 1. The second kappa shape index (κ2) is 9.37. The molecular weight excluding hydrogens is 500 g/mol. The third kappa shape index (κ3) is 4.30. The highest BCUT2D eigenvalue weighted by atomic mass is 28.4. The van der Waals surface area contributed by atoms with Crippen molar-refractivity contribution in [2.45, 2.75) is 135 Å². The third-order valence-electron chi connectivity index (χ3n) is 10.5. The van der Waals surface area contributed by atoms with Crippen LogP contribution in [0.1, 0.15) is 81.6 Å². The normalized spacial score (nSPS) is 43.3. The van der Waals surface area contributed by atoms with E-state index in [4.69, 9.17) is 13.9 Å². The Bertz CT molecular complexity index is 1010. The molecule has 2 N–H and O–H groups in total. The lowest BCUT2D eigenvalue weighted by atomic mass is 9.39. The Hall–Kier alpha value is -1.32. The predicted molar refractivity (Wildman–Crippen MR) is 150 cm³/mol. The van der Waals surface area contributed by atoms with Crippen molar-refractivity contribution in [3.8, 4) is 0 Å². The van der Waals surface area contributed by atoms with Crippen molar-refractivity contribution in [3.05, 3.63) is 24.8 Å². The van der Waals surface area contributed by atoms with Crippen LogP contribution in [0, 0.1) is 16.7 Å². The number of hydrogen-bond donors (Lipinski definition) is 2. The van der Waals surface area contributed by atoms with Gasteiger partial charge in [0, 0.05) is 23.8 Å². The van der Waals surface area contributed by atoms with Crippen LogP contribution < -0.4 is 0 Å². The van der Waals surface area contributed by atoms with Crippen molar-refractivity contribution in [1.82, 2.24) is 0 Å². The molecule has 8 atom stereocenters. The van der Waals surface area contributed by atoms with Gasteiger partial charge in [-0.15, -0.1) is 6.58 Å². The lowest BCUT2D eigenvalue weighted by Crippen LogP contribution is -2.87. The highest BCUT2D eigenvalue weighted by molar-refractivity contribution is 6.74. The Labute approximate surface area is 230 Å². The van der Waals surface area contributed by atoms with Crippen LogP contribution in [0.15, 0.2) is 24.8 Å². The molecule has 1 aliphatic heterocycles. The zero-order chi connectivity index (χ0) is 29.3. The van der Waals surface area contributed by atoms with Gasteiger partial charge in [0.2, 0.25) is 0 Å². The van der Waals surface area contributed by atoms with E-state index in [1.807, 2.05) is 6.92 Å². The van der Waals surface area contributed by atoms with Crippen LogP contribution >= 0.6 is 0 Å². The molecule has 7 nitrogen and oxygen atoms in total. The molecule has 0 amide bonds. The number of Topliss-reactive ketones (excluding diaryl/α,β-unsaturated/α-hetero) is 1. The van der Waals surface area contributed by atoms with Gasteiger partial charge in [0.05, 0.1) is 11.7 Å². The van der Waals surface area contributed by atoms with Crippen molar-refractivity contribution in [2.75, 3.05) is 0 Å². The standard InChI is InChI=1S/C30H50O7Si/c1-13-15-21(32)35-22-23-26(6,7)17-16-20(36-38(11,12)25(3,4)5)28(23,9)30(34)19(31)18-27(8,14-2)37-29(30,10)24(22)33/h13-15,20,22-24,33-34H,2,16-18H2,1,3-12H3/t20?,22-,23-,24-,27-,28-,29+,30-/m0/s1. The average Bonchev–Trinajstić information content (AvgIpc) is 2.76. The third-order valence-corrected chi connectivity index (χ3v) is 15.0. The predicted octanol–water partition coefficient (Wildman–Crippen LogP) is 5.11. The van der Waals surface area contributed by atoms with Crippen molar-refractivity contribution < 1.29 is 33.7 Å². The van der Waals surface area contributed by atoms with Gasteiger partial charge in [-0.1, -0.05) is 53.7 Å². The molecule has 38 heavy (non-hydrogen) atoms. The molecule has 1 unspecified atom stereocenters. The van der Waals surface area contributed by atoms with E-state index in [2.05, 4.69) is 54.3 Å². The summed E-state index contributed by atoms with van der Waals surface area (Å²) in [5.74, 6) is -1.61. The first-order chi connectivity index (χ1) is 17.1. The van der Waals surface area contributed by atoms with E-state index in [1.165, 1.54) is 12.2 Å². The molecule has 1 heterocycles. The van der Waals surface area contributed by atoms with Gasteiger partial charge < -0.3 is 24.1 Å². The van der Waals surface area contributed by atoms with Gasteiger partial charge in [0.25, 0.3) is 0 Å². The minimum Gasteiger partial charge on any atom is -0.456 e. The summed E-state index contributed by atoms with van der Waals surface area (Å²) in [6.45, 7) is 25.6. The van der Waals surface area contributed by atoms with E-state index in [-0.39, 0.29) is 11.5 Å². The van der Waals surface area contributed by atoms with Crippen molar-refractivity contribution in [3.63, 3.8) is 0 Å². The van der Waals surface area contributed by atoms with E-state index in [0.29, 0.717) is 12.8 Å². The summed E-state index contributed by atoms with van der Waals surface area (Å²) in [4.78, 5) is 27.1. The number of ketones is 1. The van der Waals surface area contributed by atoms with Crippen molar-refractivity contribution in [1.29, 1.82) is 0 Å². The minimum absolute atomic E-state index is 0.0894. The summed E-state index contributed by atoms with van der Waals surface area (Å²) in [7, 11) is -2.38. The Morgan fingerprint density at radius 3 is 2.26 bits per heavy atom. The van der Waals surface area contributed by atoms with E-state index >= 15 is 0 Å². The van der Waals surface area contributed by atoms with Gasteiger partial charge in [0.1, 0.15) is 17.8 Å². The lowest BCUT2D eigenvalue weighted by Gasteiger charge is -2.72. The topological polar surface area (TPSA) is 102 Å². The van der Waals surface area contributed by atoms with Gasteiger partial charge in [0.15, 0.2) is 19.7 Å². The van der Waals surface area contributed by atoms with Crippen LogP contribution in [-0.2, 0) is 23.5 Å². The zero-order valence-electron chi connectivity index (χ0n) is 25.3. The molecule has 2 saturated carbocycles. The number of ether oxygens (including phenoxy) is 2. The smallest absolute Gasteiger partial charge is 0.330 e. The van der Waals surface area contributed by atoms with Crippen LogP contribution in [-0.4, -0.2) is 65.4 Å². The van der Waals surface area contributed by atoms with Gasteiger partial charge in [-0.05, 0) is 57.2 Å². The van der Waals surface area contributed by atoms with E-state index in [9.17, 15) is 19.8 Å². The second-order valence-electron chi connectivity index (χ2n) is 14.5. The molecule has 2 aliphatic carbocycles. The van der Waals surface area contributed by atoms with Crippen LogP contribution in [0.3, 0.4) is 0 Å². The fourth-order valence-electron chi connectivity index (χ4n) is 7.41. The number of fused-ring (bicyclic) bond motifs is 3. The summed E-state index contributed by atoms with van der Waals surface area (Å²) in [6.07, 6.45) is 2.62. The summed E-state index contributed by atoms with van der Waals surface area (Å²) in [5, 5.41) is 24.7. The highest BCUT2D eigenvalue weighted by Crippen LogP contribution is 2.68. The molecule has 3 fully saturated rings. The monoisotopic (exact) mass is 550 g/mol. The fourth-order valence-corrected chi connectivity index (χ4v) is 8.83. The maximum Gasteiger partial charge on any atom is 0.330 e. The van der Waals surface area contributed by atoms with Gasteiger partial charge in [-0.2, -0.15) is 0 Å². The van der Waals surface area contributed by atoms with Crippen molar-refractivity contribution >= 4 is 20.1 Å². The number of carbonyl (C=O) groups is 2. The number of rotatable bonds is 5. The molecule has 0 aromatic carbocycles. The first-order valence-electron chi connectivity index (χ1n) is 13.9. The maximum absolute atomic E-state index is 14.2. The Morgan fingerprint density at radius 2 is 1.76 bits per heavy atom. The summed E-state index contributed by atoms with van der Waals surface area (Å²) >= 11 is 0. The zero-order valence-corrected chi connectivity index (χ0v) is 26.3. The number of esters is 1. The average molecular weight is 551 g/mol. The molecule has 0 bridgehead atoms. The summed E-state index contributed by atoms with van der Waals surface area (Å²) < 4.78 is 19.6. The van der Waals surface area contributed by atoms with Crippen LogP contribution in [0.2, 0.25) is 18.1 Å². The van der Waals surface area contributed by atoms with E-state index in [1.54, 1.807) is 26.8 Å². The van der Waals surface area contributed by atoms with Crippen molar-refractivity contribution in [2.24, 2.45) is 16.7 Å². The molecule has 0 radical (unpaired) electrons. The van der Waals surface area contributed by atoms with Gasteiger partial charge in [-0.3, -0.25) is 4.79 Å². The molecule has 3 rings (SSSR count). The second-order valence-corrected chi connectivity index (χ2v) is 19.3. The Kier molecular flexibility index (Phi) is 7.69. The maximum atomic E-state index is 14.2. The summed E-state index contributed by atoms with van der Waals surface area (Å²) in [6, 6.07) is 0. The number of aliphatic hydroxyl groups excluding tert-OH is 1. The fraction of sp³-hybridized carbons (Fsp3) is 0.800. The Morgan fingerprint density at radius 1 is 1.18 bits per heavy atom. The number of aliphatic hydroxyl groups is 2. The van der Waals surface area contributed by atoms with E-state index in [0.717, 1.165) is 0 Å². The molecule has 8 heteroatoms. The Balaban J connectivity index is 2.35.